The molecule has 3 aromatic carbocycles. The van der Waals surface area contributed by atoms with Crippen LogP contribution in [0.5, 0.6) is 0 Å². The van der Waals surface area contributed by atoms with Gasteiger partial charge in [-0.25, -0.2) is 0 Å². The zero-order chi connectivity index (χ0) is 19.9. The van der Waals surface area contributed by atoms with Crippen molar-refractivity contribution in [1.82, 2.24) is 5.43 Å². The van der Waals surface area contributed by atoms with Crippen LogP contribution in [0.3, 0.4) is 0 Å². The Labute approximate surface area is 163 Å². The van der Waals surface area contributed by atoms with E-state index in [1.807, 2.05) is 18.2 Å². The number of benzene rings is 3. The van der Waals surface area contributed by atoms with Crippen molar-refractivity contribution in [3.05, 3.63) is 77.4 Å². The summed E-state index contributed by atoms with van der Waals surface area (Å²) in [4.78, 5) is 12.7. The molecule has 0 saturated carbocycles. The molecular formula is C20H12F3N3OS. The van der Waals surface area contributed by atoms with Crippen LogP contribution in [-0.2, 0) is 6.18 Å². The minimum Gasteiger partial charge on any atom is -0.331 e. The minimum atomic E-state index is -4.52. The number of hydrazone groups is 1. The van der Waals surface area contributed by atoms with E-state index in [1.54, 1.807) is 18.2 Å². The quantitative estimate of drug-likeness (QED) is 0.483. The molecule has 1 aliphatic rings. The van der Waals surface area contributed by atoms with Gasteiger partial charge in [0.25, 0.3) is 0 Å². The Bertz CT molecular complexity index is 1150. The van der Waals surface area contributed by atoms with E-state index in [9.17, 15) is 18.0 Å². The summed E-state index contributed by atoms with van der Waals surface area (Å²) >= 11 is 5.05. The number of carbonyl (C=O) groups is 1. The lowest BCUT2D eigenvalue weighted by Crippen LogP contribution is -2.27. The number of carbonyl (C=O) groups excluding carboxylic acids is 1. The summed E-state index contributed by atoms with van der Waals surface area (Å²) in [5, 5.41) is 8.11. The number of thiocarbonyl (C=S) groups is 1. The fourth-order valence-electron chi connectivity index (χ4n) is 3.18. The highest BCUT2D eigenvalue weighted by molar-refractivity contribution is 7.80. The third-order valence-electron chi connectivity index (χ3n) is 4.37. The Balaban J connectivity index is 1.59. The third-order valence-corrected chi connectivity index (χ3v) is 4.56. The molecule has 0 radical (unpaired) electrons. The molecule has 1 aliphatic carbocycles. The van der Waals surface area contributed by atoms with Crippen molar-refractivity contribution in [3.8, 4) is 0 Å². The number of alkyl halides is 3. The molecule has 140 valence electrons. The molecule has 3 aromatic rings. The molecule has 0 heterocycles. The molecule has 4 rings (SSSR count). The molecular weight excluding hydrogens is 387 g/mol. The average Bonchev–Trinajstić information content (AvgIpc) is 2.94. The second kappa shape index (κ2) is 6.72. The fourth-order valence-corrected chi connectivity index (χ4v) is 3.34. The van der Waals surface area contributed by atoms with E-state index in [4.69, 9.17) is 12.2 Å². The van der Waals surface area contributed by atoms with Crippen molar-refractivity contribution < 1.29 is 18.0 Å². The van der Waals surface area contributed by atoms with Gasteiger partial charge in [0.1, 0.15) is 5.71 Å². The van der Waals surface area contributed by atoms with Crippen LogP contribution < -0.4 is 10.7 Å². The Morgan fingerprint density at radius 2 is 1.61 bits per heavy atom. The smallest absolute Gasteiger partial charge is 0.331 e. The van der Waals surface area contributed by atoms with Crippen LogP contribution in [0.15, 0.2) is 65.8 Å². The number of hydrogen-bond acceptors (Lipinski definition) is 3. The zero-order valence-electron chi connectivity index (χ0n) is 14.2. The predicted molar refractivity (Wildman–Crippen MR) is 106 cm³/mol. The van der Waals surface area contributed by atoms with E-state index < -0.39 is 11.7 Å². The molecule has 8 heteroatoms. The molecule has 0 atom stereocenters. The summed E-state index contributed by atoms with van der Waals surface area (Å²) in [6, 6.07) is 15.8. The molecule has 0 fully saturated rings. The first kappa shape index (κ1) is 18.1. The highest BCUT2D eigenvalue weighted by atomic mass is 32.1. The Morgan fingerprint density at radius 1 is 0.929 bits per heavy atom. The zero-order valence-corrected chi connectivity index (χ0v) is 15.0. The summed E-state index contributed by atoms with van der Waals surface area (Å²) in [6.07, 6.45) is -4.52. The monoisotopic (exact) mass is 399 g/mol. The van der Waals surface area contributed by atoms with E-state index >= 15 is 0 Å². The largest absolute Gasteiger partial charge is 0.418 e. The van der Waals surface area contributed by atoms with Gasteiger partial charge in [-0.3, -0.25) is 10.2 Å². The molecule has 0 bridgehead atoms. The lowest BCUT2D eigenvalue weighted by Gasteiger charge is -2.14. The van der Waals surface area contributed by atoms with Gasteiger partial charge in [-0.05, 0) is 29.7 Å². The van der Waals surface area contributed by atoms with Crippen LogP contribution in [0.1, 0.15) is 21.5 Å². The molecule has 0 spiro atoms. The third kappa shape index (κ3) is 3.11. The van der Waals surface area contributed by atoms with Gasteiger partial charge in [0.2, 0.25) is 5.78 Å². The van der Waals surface area contributed by atoms with Gasteiger partial charge < -0.3 is 5.32 Å². The van der Waals surface area contributed by atoms with Gasteiger partial charge in [0, 0.05) is 16.5 Å². The van der Waals surface area contributed by atoms with Gasteiger partial charge in [-0.15, -0.1) is 0 Å². The summed E-state index contributed by atoms with van der Waals surface area (Å²) in [5.41, 5.74) is 2.80. The first-order valence-corrected chi connectivity index (χ1v) is 8.65. The van der Waals surface area contributed by atoms with Crippen molar-refractivity contribution in [2.75, 3.05) is 5.32 Å². The van der Waals surface area contributed by atoms with Crippen molar-refractivity contribution in [2.24, 2.45) is 5.10 Å². The maximum atomic E-state index is 13.1. The van der Waals surface area contributed by atoms with E-state index in [0.29, 0.717) is 11.1 Å². The molecule has 0 aliphatic heterocycles. The summed E-state index contributed by atoms with van der Waals surface area (Å²) in [5.74, 6) is -0.266. The molecule has 0 amide bonds. The number of hydrogen-bond donors (Lipinski definition) is 2. The Hall–Kier alpha value is -3.26. The number of nitrogens with one attached hydrogen (secondary N) is 2. The van der Waals surface area contributed by atoms with Gasteiger partial charge in [0.15, 0.2) is 5.11 Å². The van der Waals surface area contributed by atoms with Gasteiger partial charge in [0.05, 0.1) is 11.3 Å². The van der Waals surface area contributed by atoms with Gasteiger partial charge >= 0.3 is 6.18 Å². The Morgan fingerprint density at radius 3 is 2.32 bits per heavy atom. The molecule has 2 N–H and O–H groups in total. The summed E-state index contributed by atoms with van der Waals surface area (Å²) < 4.78 is 39.3. The predicted octanol–water partition coefficient (Wildman–Crippen LogP) is 4.75. The topological polar surface area (TPSA) is 53.5 Å². The summed E-state index contributed by atoms with van der Waals surface area (Å²) in [6.45, 7) is 0. The van der Waals surface area contributed by atoms with Crippen LogP contribution in [0.2, 0.25) is 0 Å². The van der Waals surface area contributed by atoms with Crippen LogP contribution in [0, 0.1) is 0 Å². The Kier molecular flexibility index (Phi) is 4.35. The number of anilines is 1. The second-order valence-electron chi connectivity index (χ2n) is 6.11. The van der Waals surface area contributed by atoms with Crippen molar-refractivity contribution in [3.63, 3.8) is 0 Å². The van der Waals surface area contributed by atoms with Crippen molar-refractivity contribution in [1.29, 1.82) is 0 Å². The van der Waals surface area contributed by atoms with Crippen molar-refractivity contribution in [2.45, 2.75) is 6.18 Å². The molecule has 0 saturated heterocycles. The number of ketones is 1. The standard InChI is InChI=1S/C20H12F3N3OS/c21-20(22,23)14-9-1-2-10-15(14)24-19(28)26-25-17-12-7-3-5-11-6-4-8-13(16(11)12)18(17)27/h1-10H,(H2,24,26,28). The maximum Gasteiger partial charge on any atom is 0.418 e. The number of para-hydroxylation sites is 1. The van der Waals surface area contributed by atoms with Gasteiger partial charge in [-0.1, -0.05) is 48.5 Å². The second-order valence-corrected chi connectivity index (χ2v) is 6.52. The van der Waals surface area contributed by atoms with Crippen LogP contribution >= 0.6 is 12.2 Å². The lowest BCUT2D eigenvalue weighted by molar-refractivity contribution is -0.136. The van der Waals surface area contributed by atoms with E-state index in [-0.39, 0.29) is 22.3 Å². The van der Waals surface area contributed by atoms with Crippen LogP contribution in [0.25, 0.3) is 10.8 Å². The molecule has 28 heavy (non-hydrogen) atoms. The van der Waals surface area contributed by atoms with E-state index in [1.165, 1.54) is 18.2 Å². The number of rotatable bonds is 2. The fraction of sp³-hybridized carbons (Fsp3) is 0.0500. The minimum absolute atomic E-state index is 0.153. The summed E-state index contributed by atoms with van der Waals surface area (Å²) in [7, 11) is 0. The van der Waals surface area contributed by atoms with Crippen LogP contribution in [-0.4, -0.2) is 16.6 Å². The van der Waals surface area contributed by atoms with E-state index in [2.05, 4.69) is 15.8 Å². The highest BCUT2D eigenvalue weighted by Gasteiger charge is 2.33. The number of nitrogens with zero attached hydrogens (tertiary/aromatic N) is 1. The highest BCUT2D eigenvalue weighted by Crippen LogP contribution is 2.34. The number of Topliss-reactive ketones (excluding diaryl/α,β-unsaturated/α-hetero) is 1. The van der Waals surface area contributed by atoms with Gasteiger partial charge in [-0.2, -0.15) is 18.3 Å². The number of halogens is 3. The molecule has 0 aromatic heterocycles. The van der Waals surface area contributed by atoms with Crippen LogP contribution in [0.4, 0.5) is 18.9 Å². The molecule has 0 unspecified atom stereocenters. The average molecular weight is 399 g/mol. The lowest BCUT2D eigenvalue weighted by atomic mass is 10.1. The SMILES string of the molecule is O=C1C(=NNC(=S)Nc2ccccc2C(F)(F)F)c2cccc3cccc1c23. The first-order valence-electron chi connectivity index (χ1n) is 8.24. The normalized spacial score (nSPS) is 14.5. The molecule has 4 nitrogen and oxygen atoms in total. The van der Waals surface area contributed by atoms with E-state index in [0.717, 1.165) is 16.8 Å². The maximum absolute atomic E-state index is 13.1. The van der Waals surface area contributed by atoms with Crippen molar-refractivity contribution >= 4 is 45.3 Å². The first-order chi connectivity index (χ1) is 13.4.